The van der Waals surface area contributed by atoms with Crippen LogP contribution in [0.4, 0.5) is 23.7 Å². The van der Waals surface area contributed by atoms with Crippen molar-refractivity contribution in [3.8, 4) is 5.69 Å². The van der Waals surface area contributed by atoms with E-state index in [9.17, 15) is 28.3 Å². The van der Waals surface area contributed by atoms with E-state index < -0.39 is 51.6 Å². The number of carbonyl (C=O) groups excluding carboxylic acids is 1. The van der Waals surface area contributed by atoms with Crippen LogP contribution in [0.5, 0.6) is 0 Å². The van der Waals surface area contributed by atoms with Crippen LogP contribution < -0.4 is 15.6 Å². The van der Waals surface area contributed by atoms with Gasteiger partial charge in [-0.15, -0.1) is 0 Å². The lowest BCUT2D eigenvalue weighted by atomic mass is 10.0. The number of aromatic nitrogens is 1. The zero-order valence-corrected chi connectivity index (χ0v) is 21.0. The number of halogens is 3. The van der Waals surface area contributed by atoms with Crippen LogP contribution in [0.2, 0.25) is 0 Å². The van der Waals surface area contributed by atoms with Crippen molar-refractivity contribution in [1.29, 1.82) is 0 Å². The van der Waals surface area contributed by atoms with Crippen LogP contribution in [0.25, 0.3) is 16.6 Å². The molecule has 0 bridgehead atoms. The van der Waals surface area contributed by atoms with Crippen molar-refractivity contribution in [1.82, 2.24) is 9.88 Å². The van der Waals surface area contributed by atoms with Gasteiger partial charge < -0.3 is 24.6 Å². The van der Waals surface area contributed by atoms with Crippen molar-refractivity contribution in [2.75, 3.05) is 18.0 Å². The van der Waals surface area contributed by atoms with Crippen molar-refractivity contribution < 1.29 is 32.6 Å². The summed E-state index contributed by atoms with van der Waals surface area (Å²) in [5, 5.41) is 12.2. The Bertz CT molecular complexity index is 1550. The average molecular weight is 530 g/mol. The molecule has 1 aromatic heterocycles. The minimum Gasteiger partial charge on any atom is -0.477 e. The normalized spacial score (nSPS) is 20.7. The molecule has 3 aromatic rings. The minimum atomic E-state index is -1.57. The molecule has 1 saturated heterocycles. The Labute approximate surface area is 215 Å². The fourth-order valence-corrected chi connectivity index (χ4v) is 5.19. The Morgan fingerprint density at radius 3 is 2.47 bits per heavy atom. The van der Waals surface area contributed by atoms with Crippen molar-refractivity contribution >= 4 is 28.7 Å². The first-order chi connectivity index (χ1) is 17.8. The maximum Gasteiger partial charge on any atom is 0.408 e. The van der Waals surface area contributed by atoms with Gasteiger partial charge in [0.1, 0.15) is 28.6 Å². The zero-order valence-electron chi connectivity index (χ0n) is 21.0. The quantitative estimate of drug-likeness (QED) is 0.513. The number of amides is 1. The first-order valence-electron chi connectivity index (χ1n) is 12.1. The maximum absolute atomic E-state index is 15.5. The van der Waals surface area contributed by atoms with Gasteiger partial charge in [0, 0.05) is 30.7 Å². The molecular weight excluding hydrogens is 503 g/mol. The maximum atomic E-state index is 15.5. The number of hydrogen-bond donors (Lipinski definition) is 2. The number of nitrogens with one attached hydrogen (secondary N) is 1. The monoisotopic (exact) mass is 529 g/mol. The summed E-state index contributed by atoms with van der Waals surface area (Å²) in [6.45, 7) is 6.01. The van der Waals surface area contributed by atoms with Gasteiger partial charge in [-0.05, 0) is 63.8 Å². The van der Waals surface area contributed by atoms with E-state index in [1.165, 1.54) is 6.07 Å². The molecule has 38 heavy (non-hydrogen) atoms. The smallest absolute Gasteiger partial charge is 0.408 e. The van der Waals surface area contributed by atoms with Crippen LogP contribution in [-0.4, -0.2) is 46.0 Å². The van der Waals surface area contributed by atoms with E-state index in [2.05, 4.69) is 5.32 Å². The zero-order chi connectivity index (χ0) is 27.6. The van der Waals surface area contributed by atoms with Gasteiger partial charge in [0.2, 0.25) is 5.43 Å². The molecule has 200 valence electrons. The third-order valence-electron chi connectivity index (χ3n) is 7.01. The van der Waals surface area contributed by atoms with Crippen LogP contribution in [-0.2, 0) is 4.74 Å². The van der Waals surface area contributed by atoms with Crippen molar-refractivity contribution in [3.05, 3.63) is 69.8 Å². The lowest BCUT2D eigenvalue weighted by Crippen LogP contribution is -2.52. The van der Waals surface area contributed by atoms with Crippen LogP contribution in [0.3, 0.4) is 0 Å². The molecule has 2 fully saturated rings. The number of carboxylic acids is 1. The molecule has 2 heterocycles. The number of ether oxygens (including phenoxy) is 1. The van der Waals surface area contributed by atoms with Gasteiger partial charge in [0.25, 0.3) is 0 Å². The highest BCUT2D eigenvalue weighted by atomic mass is 19.1. The summed E-state index contributed by atoms with van der Waals surface area (Å²) >= 11 is 0. The van der Waals surface area contributed by atoms with Crippen LogP contribution in [0, 0.1) is 23.4 Å². The third-order valence-corrected chi connectivity index (χ3v) is 7.01. The number of aromatic carboxylic acids is 1. The molecule has 5 rings (SSSR count). The highest BCUT2D eigenvalue weighted by Gasteiger charge is 2.58. The van der Waals surface area contributed by atoms with E-state index in [4.69, 9.17) is 4.74 Å². The lowest BCUT2D eigenvalue weighted by Gasteiger charge is -2.35. The Kier molecular flexibility index (Phi) is 5.92. The molecule has 2 aliphatic rings. The first-order valence-corrected chi connectivity index (χ1v) is 12.1. The number of nitrogens with zero attached hydrogens (tertiary/aromatic N) is 2. The number of carboxylic acid groups (broad SMARTS) is 1. The van der Waals surface area contributed by atoms with Gasteiger partial charge in [0.15, 0.2) is 0 Å². The largest absolute Gasteiger partial charge is 0.477 e. The summed E-state index contributed by atoms with van der Waals surface area (Å²) < 4.78 is 50.3. The number of alkyl carbamates (subject to hydrolysis) is 1. The Hall–Kier alpha value is -4.02. The summed E-state index contributed by atoms with van der Waals surface area (Å²) in [5.74, 6) is -3.95. The number of rotatable bonds is 4. The van der Waals surface area contributed by atoms with E-state index in [-0.39, 0.29) is 34.7 Å². The molecule has 0 radical (unpaired) electrons. The molecule has 1 saturated carbocycles. The highest BCUT2D eigenvalue weighted by Crippen LogP contribution is 2.50. The number of fused-ring (bicyclic) bond motifs is 2. The molecule has 11 heteroatoms. The predicted molar refractivity (Wildman–Crippen MR) is 133 cm³/mol. The van der Waals surface area contributed by atoms with E-state index >= 15 is 4.39 Å². The molecule has 2 atom stereocenters. The van der Waals surface area contributed by atoms with Crippen LogP contribution in [0.15, 0.2) is 41.3 Å². The van der Waals surface area contributed by atoms with Gasteiger partial charge in [-0.2, -0.15) is 0 Å². The number of piperidine rings is 1. The standard InChI is InChI=1S/C27H26F3N3O5/c1-26(2,3)38-25(37)31-27-11-14(27)6-7-32(13-27)22-10-21-16(9-19(22)30)23(34)17(24(35)36)12-33(21)20-5-4-15(28)8-18(20)29/h4-5,8-10,12,14H,6-7,11,13H2,1-3H3,(H,31,37)(H,35,36). The van der Waals surface area contributed by atoms with E-state index in [1.54, 1.807) is 25.7 Å². The topological polar surface area (TPSA) is 101 Å². The molecule has 1 aliphatic heterocycles. The van der Waals surface area contributed by atoms with Gasteiger partial charge in [-0.3, -0.25) is 4.79 Å². The first kappa shape index (κ1) is 25.6. The van der Waals surface area contributed by atoms with Crippen molar-refractivity contribution in [3.63, 3.8) is 0 Å². The number of anilines is 1. The lowest BCUT2D eigenvalue weighted by molar-refractivity contribution is 0.0489. The second-order valence-electron chi connectivity index (χ2n) is 10.9. The van der Waals surface area contributed by atoms with Gasteiger partial charge in [0.05, 0.1) is 22.4 Å². The number of benzene rings is 2. The second kappa shape index (κ2) is 8.78. The Balaban J connectivity index is 1.59. The van der Waals surface area contributed by atoms with E-state index in [1.807, 2.05) is 0 Å². The summed E-state index contributed by atoms with van der Waals surface area (Å²) in [6, 6.07) is 5.03. The second-order valence-corrected chi connectivity index (χ2v) is 10.9. The summed E-state index contributed by atoms with van der Waals surface area (Å²) in [5.41, 5.74) is -2.95. The molecule has 2 aromatic carbocycles. The third kappa shape index (κ3) is 4.57. The molecule has 8 nitrogen and oxygen atoms in total. The van der Waals surface area contributed by atoms with E-state index in [0.717, 1.165) is 29.0 Å². The molecule has 2 unspecified atom stereocenters. The summed E-state index contributed by atoms with van der Waals surface area (Å²) in [4.78, 5) is 38.8. The number of pyridine rings is 1. The van der Waals surface area contributed by atoms with E-state index in [0.29, 0.717) is 25.5 Å². The van der Waals surface area contributed by atoms with Gasteiger partial charge in [-0.25, -0.2) is 22.8 Å². The average Bonchev–Trinajstić information content (AvgIpc) is 3.51. The van der Waals surface area contributed by atoms with Crippen molar-refractivity contribution in [2.24, 2.45) is 5.92 Å². The van der Waals surface area contributed by atoms with Gasteiger partial charge in [-0.1, -0.05) is 0 Å². The molecule has 1 amide bonds. The van der Waals surface area contributed by atoms with Gasteiger partial charge >= 0.3 is 12.1 Å². The SMILES string of the molecule is CC(C)(C)OC(=O)NC12CC1CCN(c1cc3c(cc1F)c(=O)c(C(=O)O)cn3-c1ccc(F)cc1F)C2. The molecule has 1 aliphatic carbocycles. The summed E-state index contributed by atoms with van der Waals surface area (Å²) in [7, 11) is 0. The fourth-order valence-electron chi connectivity index (χ4n) is 5.19. The molecule has 0 spiro atoms. The number of carbonyl (C=O) groups is 2. The van der Waals surface area contributed by atoms with Crippen LogP contribution >= 0.6 is 0 Å². The van der Waals surface area contributed by atoms with Crippen molar-refractivity contribution in [2.45, 2.75) is 44.8 Å². The van der Waals surface area contributed by atoms with Crippen LogP contribution in [0.1, 0.15) is 44.0 Å². The Morgan fingerprint density at radius 2 is 1.82 bits per heavy atom. The number of hydrogen-bond acceptors (Lipinski definition) is 5. The fraction of sp³-hybridized carbons (Fsp3) is 0.370. The highest BCUT2D eigenvalue weighted by molar-refractivity contribution is 5.94. The summed E-state index contributed by atoms with van der Waals surface area (Å²) in [6.07, 6.45) is 1.75. The Morgan fingerprint density at radius 1 is 1.11 bits per heavy atom. The molecule has 2 N–H and O–H groups in total. The molecular formula is C27H26F3N3O5. The minimum absolute atomic E-state index is 0.0500. The predicted octanol–water partition coefficient (Wildman–Crippen LogP) is 4.60.